The largest absolute Gasteiger partial charge is 0.496 e. The van der Waals surface area contributed by atoms with Gasteiger partial charge in [0, 0.05) is 22.2 Å². The van der Waals surface area contributed by atoms with E-state index in [1.54, 1.807) is 7.11 Å². The molecule has 1 aromatic carbocycles. The number of methoxy groups -OCH3 is 1. The lowest BCUT2D eigenvalue weighted by Crippen LogP contribution is -2.34. The van der Waals surface area contributed by atoms with E-state index in [2.05, 4.69) is 15.9 Å². The molecule has 0 aliphatic rings. The average molecular weight is 274 g/mol. The van der Waals surface area contributed by atoms with Crippen molar-refractivity contribution in [3.8, 4) is 5.75 Å². The molecule has 1 aromatic rings. The molecule has 0 saturated carbocycles. The molecule has 3 nitrogen and oxygen atoms in total. The van der Waals surface area contributed by atoms with Crippen molar-refractivity contribution in [2.24, 2.45) is 5.73 Å². The third-order valence-electron chi connectivity index (χ3n) is 2.41. The standard InChI is InChI=1S/C11H16BrNO2/c1-11(13,5-6-14)9-7-8(12)3-4-10(9)15-2/h3-4,7,14H,5-6,13H2,1-2H3. The number of aliphatic hydroxyl groups is 1. The smallest absolute Gasteiger partial charge is 0.123 e. The molecule has 84 valence electrons. The van der Waals surface area contributed by atoms with Gasteiger partial charge in [-0.2, -0.15) is 0 Å². The Morgan fingerprint density at radius 2 is 2.20 bits per heavy atom. The molecule has 0 aliphatic heterocycles. The lowest BCUT2D eigenvalue weighted by atomic mass is 9.89. The summed E-state index contributed by atoms with van der Waals surface area (Å²) in [4.78, 5) is 0. The van der Waals surface area contributed by atoms with Gasteiger partial charge in [0.2, 0.25) is 0 Å². The predicted molar refractivity (Wildman–Crippen MR) is 63.9 cm³/mol. The molecule has 0 heterocycles. The molecule has 0 fully saturated rings. The lowest BCUT2D eigenvalue weighted by Gasteiger charge is -2.26. The highest BCUT2D eigenvalue weighted by Crippen LogP contribution is 2.32. The Kier molecular flexibility index (Phi) is 4.13. The topological polar surface area (TPSA) is 55.5 Å². The van der Waals surface area contributed by atoms with Crippen LogP contribution in [0.4, 0.5) is 0 Å². The molecule has 3 N–H and O–H groups in total. The minimum Gasteiger partial charge on any atom is -0.496 e. The first kappa shape index (κ1) is 12.5. The van der Waals surface area contributed by atoms with Gasteiger partial charge in [-0.05, 0) is 31.5 Å². The van der Waals surface area contributed by atoms with E-state index in [0.717, 1.165) is 15.8 Å². The second-order valence-electron chi connectivity index (χ2n) is 3.74. The Balaban J connectivity index is 3.15. The fraction of sp³-hybridized carbons (Fsp3) is 0.455. The van der Waals surface area contributed by atoms with Gasteiger partial charge in [0.1, 0.15) is 5.75 Å². The molecule has 0 radical (unpaired) electrons. The molecule has 15 heavy (non-hydrogen) atoms. The highest BCUT2D eigenvalue weighted by molar-refractivity contribution is 9.10. The first-order valence-electron chi connectivity index (χ1n) is 4.75. The van der Waals surface area contributed by atoms with Gasteiger partial charge in [-0.25, -0.2) is 0 Å². The minimum absolute atomic E-state index is 0.0582. The van der Waals surface area contributed by atoms with E-state index in [-0.39, 0.29) is 6.61 Å². The van der Waals surface area contributed by atoms with Gasteiger partial charge < -0.3 is 15.6 Å². The number of hydrogen-bond donors (Lipinski definition) is 2. The van der Waals surface area contributed by atoms with Crippen molar-refractivity contribution in [1.29, 1.82) is 0 Å². The molecule has 0 bridgehead atoms. The maximum Gasteiger partial charge on any atom is 0.123 e. The number of nitrogens with two attached hydrogens (primary N) is 1. The SMILES string of the molecule is COc1ccc(Br)cc1C(C)(N)CCO. The summed E-state index contributed by atoms with van der Waals surface area (Å²) in [5.74, 6) is 0.747. The molecule has 1 atom stereocenters. The van der Waals surface area contributed by atoms with Crippen LogP contribution in [0.1, 0.15) is 18.9 Å². The van der Waals surface area contributed by atoms with Gasteiger partial charge in [-0.3, -0.25) is 0 Å². The third kappa shape index (κ3) is 2.93. The molecule has 0 aliphatic carbocycles. The Labute approximate surface area is 98.4 Å². The Morgan fingerprint density at radius 3 is 2.73 bits per heavy atom. The van der Waals surface area contributed by atoms with Crippen molar-refractivity contribution in [2.45, 2.75) is 18.9 Å². The monoisotopic (exact) mass is 273 g/mol. The first-order valence-corrected chi connectivity index (χ1v) is 5.54. The molecule has 0 spiro atoms. The van der Waals surface area contributed by atoms with Crippen LogP contribution in [0, 0.1) is 0 Å². The second kappa shape index (κ2) is 4.96. The number of hydrogen-bond acceptors (Lipinski definition) is 3. The zero-order chi connectivity index (χ0) is 11.5. The Morgan fingerprint density at radius 1 is 1.53 bits per heavy atom. The summed E-state index contributed by atoms with van der Waals surface area (Å²) in [5, 5.41) is 8.96. The first-order chi connectivity index (χ1) is 7.01. The molecule has 1 rings (SSSR count). The lowest BCUT2D eigenvalue weighted by molar-refractivity contribution is 0.244. The number of halogens is 1. The van der Waals surface area contributed by atoms with Crippen molar-refractivity contribution in [1.82, 2.24) is 0 Å². The maximum absolute atomic E-state index is 8.96. The summed E-state index contributed by atoms with van der Waals surface area (Å²) in [6.45, 7) is 1.94. The van der Waals surface area contributed by atoms with Crippen molar-refractivity contribution in [3.63, 3.8) is 0 Å². The fourth-order valence-electron chi connectivity index (χ4n) is 1.49. The fourth-order valence-corrected chi connectivity index (χ4v) is 1.85. The summed E-state index contributed by atoms with van der Waals surface area (Å²) >= 11 is 3.40. The van der Waals surface area contributed by atoms with Gasteiger partial charge >= 0.3 is 0 Å². The van der Waals surface area contributed by atoms with Crippen LogP contribution in [0.25, 0.3) is 0 Å². The van der Waals surface area contributed by atoms with Crippen LogP contribution < -0.4 is 10.5 Å². The number of rotatable bonds is 4. The van der Waals surface area contributed by atoms with E-state index in [0.29, 0.717) is 6.42 Å². The van der Waals surface area contributed by atoms with Crippen LogP contribution in [-0.4, -0.2) is 18.8 Å². The van der Waals surface area contributed by atoms with Crippen molar-refractivity contribution in [2.75, 3.05) is 13.7 Å². The normalized spacial score (nSPS) is 14.7. The molecule has 1 unspecified atom stereocenters. The molecule has 0 amide bonds. The van der Waals surface area contributed by atoms with Crippen LogP contribution in [-0.2, 0) is 5.54 Å². The van der Waals surface area contributed by atoms with Gasteiger partial charge in [-0.15, -0.1) is 0 Å². The van der Waals surface area contributed by atoms with E-state index in [1.165, 1.54) is 0 Å². The molecular weight excluding hydrogens is 258 g/mol. The van der Waals surface area contributed by atoms with E-state index < -0.39 is 5.54 Å². The van der Waals surface area contributed by atoms with Crippen molar-refractivity contribution < 1.29 is 9.84 Å². The number of benzene rings is 1. The average Bonchev–Trinajstić information content (AvgIpc) is 2.17. The van der Waals surface area contributed by atoms with E-state index in [9.17, 15) is 0 Å². The summed E-state index contributed by atoms with van der Waals surface area (Å²) in [5.41, 5.74) is 6.45. The van der Waals surface area contributed by atoms with Crippen LogP contribution in [0.3, 0.4) is 0 Å². The van der Waals surface area contributed by atoms with Crippen LogP contribution in [0.5, 0.6) is 5.75 Å². The number of aliphatic hydroxyl groups excluding tert-OH is 1. The van der Waals surface area contributed by atoms with Gasteiger partial charge in [0.05, 0.1) is 7.11 Å². The highest BCUT2D eigenvalue weighted by atomic mass is 79.9. The van der Waals surface area contributed by atoms with Crippen molar-refractivity contribution in [3.05, 3.63) is 28.2 Å². The third-order valence-corrected chi connectivity index (χ3v) is 2.90. The summed E-state index contributed by atoms with van der Waals surface area (Å²) < 4.78 is 6.20. The second-order valence-corrected chi connectivity index (χ2v) is 4.65. The van der Waals surface area contributed by atoms with Crippen LogP contribution in [0.15, 0.2) is 22.7 Å². The zero-order valence-electron chi connectivity index (χ0n) is 8.96. The quantitative estimate of drug-likeness (QED) is 0.883. The maximum atomic E-state index is 8.96. The Hall–Kier alpha value is -0.580. The molecule has 0 aromatic heterocycles. The Bertz CT molecular complexity index is 339. The summed E-state index contributed by atoms with van der Waals surface area (Å²) in [6, 6.07) is 5.69. The molecular formula is C11H16BrNO2. The zero-order valence-corrected chi connectivity index (χ0v) is 10.5. The highest BCUT2D eigenvalue weighted by Gasteiger charge is 2.24. The molecule has 0 saturated heterocycles. The van der Waals surface area contributed by atoms with E-state index >= 15 is 0 Å². The van der Waals surface area contributed by atoms with Crippen molar-refractivity contribution >= 4 is 15.9 Å². The van der Waals surface area contributed by atoms with Gasteiger partial charge in [0.15, 0.2) is 0 Å². The number of ether oxygens (including phenoxy) is 1. The van der Waals surface area contributed by atoms with Gasteiger partial charge in [-0.1, -0.05) is 15.9 Å². The van der Waals surface area contributed by atoms with E-state index in [4.69, 9.17) is 15.6 Å². The molecule has 4 heteroatoms. The van der Waals surface area contributed by atoms with Gasteiger partial charge in [0.25, 0.3) is 0 Å². The minimum atomic E-state index is -0.579. The summed E-state index contributed by atoms with van der Waals surface area (Å²) in [6.07, 6.45) is 0.500. The van der Waals surface area contributed by atoms with Crippen LogP contribution >= 0.6 is 15.9 Å². The van der Waals surface area contributed by atoms with Crippen LogP contribution in [0.2, 0.25) is 0 Å². The predicted octanol–water partition coefficient (Wildman–Crippen LogP) is 2.01. The summed E-state index contributed by atoms with van der Waals surface area (Å²) in [7, 11) is 1.61. The van der Waals surface area contributed by atoms with E-state index in [1.807, 2.05) is 25.1 Å².